The van der Waals surface area contributed by atoms with Crippen LogP contribution in [0.5, 0.6) is 0 Å². The van der Waals surface area contributed by atoms with Crippen LogP contribution >= 0.6 is 38.9 Å². The molecule has 0 N–H and O–H groups in total. The third-order valence-electron chi connectivity index (χ3n) is 2.43. The summed E-state index contributed by atoms with van der Waals surface area (Å²) in [5, 5.41) is 1.54. The standard InChI is InChI=1S/C12H6BrClF3NOS/c13-6-1-2-7(8(3-6)12(15,16)17)11-18-9(5-20-11)10(19)4-14/h1-3,5H,4H2. The smallest absolute Gasteiger partial charge is 0.291 e. The molecule has 0 aliphatic rings. The number of ketones is 1. The predicted octanol–water partition coefficient (Wildman–Crippen LogP) is 5.01. The van der Waals surface area contributed by atoms with E-state index in [-0.39, 0.29) is 22.1 Å². The molecule has 0 aliphatic heterocycles. The number of halogens is 5. The molecule has 2 nitrogen and oxygen atoms in total. The normalized spacial score (nSPS) is 11.7. The second kappa shape index (κ2) is 5.83. The number of carbonyl (C=O) groups is 1. The van der Waals surface area contributed by atoms with Gasteiger partial charge in [-0.3, -0.25) is 4.79 Å². The van der Waals surface area contributed by atoms with Gasteiger partial charge in [-0.05, 0) is 12.1 Å². The molecule has 0 aliphatic carbocycles. The molecular weight excluding hydrogens is 379 g/mol. The molecular formula is C12H6BrClF3NOS. The van der Waals surface area contributed by atoms with Crippen LogP contribution in [-0.2, 0) is 6.18 Å². The van der Waals surface area contributed by atoms with Gasteiger partial charge in [0.05, 0.1) is 11.4 Å². The topological polar surface area (TPSA) is 30.0 Å². The Labute approximate surface area is 129 Å². The van der Waals surface area contributed by atoms with Crippen molar-refractivity contribution in [1.82, 2.24) is 4.98 Å². The van der Waals surface area contributed by atoms with Crippen molar-refractivity contribution >= 4 is 44.7 Å². The number of benzene rings is 1. The maximum atomic E-state index is 13.0. The van der Waals surface area contributed by atoms with Crippen LogP contribution in [0.1, 0.15) is 16.1 Å². The SMILES string of the molecule is O=C(CCl)c1csc(-c2ccc(Br)cc2C(F)(F)F)n1. The first-order valence-electron chi connectivity index (χ1n) is 5.24. The highest BCUT2D eigenvalue weighted by Gasteiger charge is 2.34. The van der Waals surface area contributed by atoms with Gasteiger partial charge in [0.25, 0.3) is 0 Å². The van der Waals surface area contributed by atoms with E-state index < -0.39 is 17.5 Å². The molecule has 0 atom stereocenters. The minimum atomic E-state index is -4.50. The molecule has 0 amide bonds. The van der Waals surface area contributed by atoms with Crippen molar-refractivity contribution in [2.24, 2.45) is 0 Å². The Morgan fingerprint density at radius 1 is 1.40 bits per heavy atom. The monoisotopic (exact) mass is 383 g/mol. The summed E-state index contributed by atoms with van der Waals surface area (Å²) in [5.74, 6) is -0.671. The number of carbonyl (C=O) groups excluding carboxylic acids is 1. The Kier molecular flexibility index (Phi) is 4.51. The van der Waals surface area contributed by atoms with E-state index in [1.807, 2.05) is 0 Å². The molecule has 1 aromatic carbocycles. The molecule has 0 radical (unpaired) electrons. The molecule has 2 aromatic rings. The van der Waals surface area contributed by atoms with Crippen molar-refractivity contribution in [2.75, 3.05) is 5.88 Å². The van der Waals surface area contributed by atoms with Crippen LogP contribution in [0.2, 0.25) is 0 Å². The van der Waals surface area contributed by atoms with Crippen LogP contribution in [0.15, 0.2) is 28.1 Å². The maximum Gasteiger partial charge on any atom is 0.417 e. The molecule has 2 rings (SSSR count). The van der Waals surface area contributed by atoms with E-state index in [0.717, 1.165) is 17.4 Å². The average Bonchev–Trinajstić information content (AvgIpc) is 2.86. The van der Waals surface area contributed by atoms with Crippen LogP contribution in [0.3, 0.4) is 0 Å². The van der Waals surface area contributed by atoms with Gasteiger partial charge < -0.3 is 0 Å². The molecule has 106 valence electrons. The van der Waals surface area contributed by atoms with Crippen molar-refractivity contribution in [2.45, 2.75) is 6.18 Å². The first kappa shape index (κ1) is 15.5. The van der Waals surface area contributed by atoms with Gasteiger partial charge in [-0.25, -0.2) is 4.98 Å². The van der Waals surface area contributed by atoms with Gasteiger partial charge in [0.2, 0.25) is 0 Å². The van der Waals surface area contributed by atoms with Crippen molar-refractivity contribution in [3.05, 3.63) is 39.3 Å². The average molecular weight is 385 g/mol. The van der Waals surface area contributed by atoms with Crippen LogP contribution in [-0.4, -0.2) is 16.6 Å². The van der Waals surface area contributed by atoms with Crippen LogP contribution in [0, 0.1) is 0 Å². The lowest BCUT2D eigenvalue weighted by Crippen LogP contribution is -2.07. The summed E-state index contributed by atoms with van der Waals surface area (Å²) in [7, 11) is 0. The van der Waals surface area contributed by atoms with E-state index in [2.05, 4.69) is 20.9 Å². The summed E-state index contributed by atoms with van der Waals surface area (Å²) in [4.78, 5) is 15.3. The molecule has 0 saturated heterocycles. The Balaban J connectivity index is 2.53. The van der Waals surface area contributed by atoms with E-state index >= 15 is 0 Å². The third-order valence-corrected chi connectivity index (χ3v) is 4.04. The van der Waals surface area contributed by atoms with Gasteiger partial charge >= 0.3 is 6.18 Å². The molecule has 1 aromatic heterocycles. The summed E-state index contributed by atoms with van der Waals surface area (Å²) in [6, 6.07) is 3.80. The largest absolute Gasteiger partial charge is 0.417 e. The van der Waals surface area contributed by atoms with Crippen LogP contribution in [0.25, 0.3) is 10.6 Å². The highest BCUT2D eigenvalue weighted by Crippen LogP contribution is 2.39. The lowest BCUT2D eigenvalue weighted by molar-refractivity contribution is -0.137. The second-order valence-electron chi connectivity index (χ2n) is 3.78. The zero-order chi connectivity index (χ0) is 14.9. The second-order valence-corrected chi connectivity index (χ2v) is 5.82. The number of alkyl halides is 4. The first-order valence-corrected chi connectivity index (χ1v) is 7.45. The number of thiazole rings is 1. The Morgan fingerprint density at radius 3 is 2.70 bits per heavy atom. The van der Waals surface area contributed by atoms with Crippen molar-refractivity contribution in [1.29, 1.82) is 0 Å². The Morgan fingerprint density at radius 2 is 2.10 bits per heavy atom. The van der Waals surface area contributed by atoms with Gasteiger partial charge in [0.1, 0.15) is 10.7 Å². The molecule has 8 heteroatoms. The van der Waals surface area contributed by atoms with Gasteiger partial charge in [0.15, 0.2) is 5.78 Å². The molecule has 0 bridgehead atoms. The predicted molar refractivity (Wildman–Crippen MR) is 75.3 cm³/mol. The minimum Gasteiger partial charge on any atom is -0.291 e. The maximum absolute atomic E-state index is 13.0. The summed E-state index contributed by atoms with van der Waals surface area (Å²) < 4.78 is 39.4. The third kappa shape index (κ3) is 3.21. The highest BCUT2D eigenvalue weighted by molar-refractivity contribution is 9.10. The first-order chi connectivity index (χ1) is 9.32. The van der Waals surface area contributed by atoms with E-state index in [1.165, 1.54) is 17.5 Å². The van der Waals surface area contributed by atoms with Crippen molar-refractivity contribution in [3.63, 3.8) is 0 Å². The van der Waals surface area contributed by atoms with E-state index in [1.54, 1.807) is 0 Å². The number of rotatable bonds is 3. The minimum absolute atomic E-state index is 0.0562. The van der Waals surface area contributed by atoms with Crippen LogP contribution < -0.4 is 0 Å². The zero-order valence-corrected chi connectivity index (χ0v) is 12.8. The number of Topliss-reactive ketones (excluding diaryl/α,β-unsaturated/α-hetero) is 1. The summed E-state index contributed by atoms with van der Waals surface area (Å²) in [6.45, 7) is 0. The number of hydrogen-bond acceptors (Lipinski definition) is 3. The lowest BCUT2D eigenvalue weighted by Gasteiger charge is -2.11. The summed E-state index contributed by atoms with van der Waals surface area (Å²) in [6.07, 6.45) is -4.50. The van der Waals surface area contributed by atoms with Crippen molar-refractivity contribution < 1.29 is 18.0 Å². The molecule has 0 unspecified atom stereocenters. The van der Waals surface area contributed by atoms with Gasteiger partial charge in [-0.15, -0.1) is 22.9 Å². The molecule has 0 saturated carbocycles. The van der Waals surface area contributed by atoms with Gasteiger partial charge in [-0.1, -0.05) is 22.0 Å². The fourth-order valence-electron chi connectivity index (χ4n) is 1.53. The van der Waals surface area contributed by atoms with E-state index in [0.29, 0.717) is 4.47 Å². The Bertz CT molecular complexity index is 656. The number of hydrogen-bond donors (Lipinski definition) is 0. The highest BCUT2D eigenvalue weighted by atomic mass is 79.9. The number of nitrogens with zero attached hydrogens (tertiary/aromatic N) is 1. The van der Waals surface area contributed by atoms with Gasteiger partial charge in [-0.2, -0.15) is 13.2 Å². The molecule has 0 spiro atoms. The van der Waals surface area contributed by atoms with E-state index in [9.17, 15) is 18.0 Å². The quantitative estimate of drug-likeness (QED) is 0.550. The number of aromatic nitrogens is 1. The molecule has 0 fully saturated rings. The fourth-order valence-corrected chi connectivity index (χ4v) is 2.89. The van der Waals surface area contributed by atoms with Crippen molar-refractivity contribution in [3.8, 4) is 10.6 Å². The van der Waals surface area contributed by atoms with E-state index in [4.69, 9.17) is 11.6 Å². The fraction of sp³-hybridized carbons (Fsp3) is 0.167. The van der Waals surface area contributed by atoms with Crippen LogP contribution in [0.4, 0.5) is 13.2 Å². The summed E-state index contributed by atoms with van der Waals surface area (Å²) >= 11 is 9.38. The Hall–Kier alpha value is -0.920. The van der Waals surface area contributed by atoms with Gasteiger partial charge in [0, 0.05) is 15.4 Å². The molecule has 20 heavy (non-hydrogen) atoms. The lowest BCUT2D eigenvalue weighted by atomic mass is 10.1. The zero-order valence-electron chi connectivity index (χ0n) is 9.67. The summed E-state index contributed by atoms with van der Waals surface area (Å²) in [5.41, 5.74) is -0.776. The molecule has 1 heterocycles.